The Labute approximate surface area is 116 Å². The van der Waals surface area contributed by atoms with E-state index in [4.69, 9.17) is 15.2 Å². The van der Waals surface area contributed by atoms with Crippen molar-refractivity contribution in [1.29, 1.82) is 0 Å². The Morgan fingerprint density at radius 3 is 2.63 bits per heavy atom. The third-order valence-electron chi connectivity index (χ3n) is 4.15. The van der Waals surface area contributed by atoms with Gasteiger partial charge in [-0.15, -0.1) is 0 Å². The highest BCUT2D eigenvalue weighted by atomic mass is 16.5. The van der Waals surface area contributed by atoms with Gasteiger partial charge >= 0.3 is 0 Å². The van der Waals surface area contributed by atoms with Gasteiger partial charge in [-0.1, -0.05) is 19.9 Å². The number of hydrogen-bond donors (Lipinski definition) is 1. The van der Waals surface area contributed by atoms with Crippen molar-refractivity contribution in [3.63, 3.8) is 0 Å². The summed E-state index contributed by atoms with van der Waals surface area (Å²) in [6.07, 6.45) is 3.44. The maximum atomic E-state index is 6.20. The predicted octanol–water partition coefficient (Wildman–Crippen LogP) is 3.23. The summed E-state index contributed by atoms with van der Waals surface area (Å²) in [5.74, 6) is 3.09. The fourth-order valence-electron chi connectivity index (χ4n) is 2.77. The van der Waals surface area contributed by atoms with Gasteiger partial charge in [-0.25, -0.2) is 0 Å². The predicted molar refractivity (Wildman–Crippen MR) is 77.6 cm³/mol. The molecule has 106 valence electrons. The molecule has 3 atom stereocenters. The third-order valence-corrected chi connectivity index (χ3v) is 4.15. The molecule has 0 amide bonds. The zero-order valence-corrected chi connectivity index (χ0v) is 12.1. The molecule has 19 heavy (non-hydrogen) atoms. The summed E-state index contributed by atoms with van der Waals surface area (Å²) >= 11 is 0. The fraction of sp³-hybridized carbons (Fsp3) is 0.625. The average molecular weight is 263 g/mol. The first-order chi connectivity index (χ1) is 9.10. The number of hydrogen-bond acceptors (Lipinski definition) is 3. The summed E-state index contributed by atoms with van der Waals surface area (Å²) in [4.78, 5) is 0. The molecule has 1 fully saturated rings. The molecule has 2 rings (SSSR count). The zero-order valence-electron chi connectivity index (χ0n) is 12.1. The Kier molecular flexibility index (Phi) is 4.70. The van der Waals surface area contributed by atoms with E-state index in [0.717, 1.165) is 30.3 Å². The number of methoxy groups -OCH3 is 1. The van der Waals surface area contributed by atoms with Crippen LogP contribution in [0.15, 0.2) is 24.3 Å². The van der Waals surface area contributed by atoms with Crippen LogP contribution in [0.1, 0.15) is 33.1 Å². The van der Waals surface area contributed by atoms with E-state index >= 15 is 0 Å². The highest BCUT2D eigenvalue weighted by Crippen LogP contribution is 2.32. The Morgan fingerprint density at radius 1 is 1.21 bits per heavy atom. The summed E-state index contributed by atoms with van der Waals surface area (Å²) in [5, 5.41) is 0. The quantitative estimate of drug-likeness (QED) is 0.907. The summed E-state index contributed by atoms with van der Waals surface area (Å²) < 4.78 is 11.3. The molecule has 1 aromatic carbocycles. The minimum absolute atomic E-state index is 0.119. The van der Waals surface area contributed by atoms with E-state index in [1.165, 1.54) is 6.42 Å². The summed E-state index contributed by atoms with van der Waals surface area (Å²) in [5.41, 5.74) is 6.20. The molecule has 0 heterocycles. The lowest BCUT2D eigenvalue weighted by Crippen LogP contribution is -2.44. The highest BCUT2D eigenvalue weighted by molar-refractivity contribution is 5.33. The fourth-order valence-corrected chi connectivity index (χ4v) is 2.77. The van der Waals surface area contributed by atoms with E-state index in [-0.39, 0.29) is 12.1 Å². The van der Waals surface area contributed by atoms with Crippen LogP contribution in [0.5, 0.6) is 11.5 Å². The second-order valence-electron chi connectivity index (χ2n) is 5.82. The summed E-state index contributed by atoms with van der Waals surface area (Å²) in [6.45, 7) is 4.56. The van der Waals surface area contributed by atoms with Gasteiger partial charge in [0.2, 0.25) is 0 Å². The lowest BCUT2D eigenvalue weighted by molar-refractivity contribution is 0.0866. The number of ether oxygens (including phenoxy) is 2. The highest BCUT2D eigenvalue weighted by Gasteiger charge is 2.31. The lowest BCUT2D eigenvalue weighted by atomic mass is 9.78. The zero-order chi connectivity index (χ0) is 13.8. The standard InChI is InChI=1S/C16H25NO2/c1-11(2)12-7-8-15(17)16(9-12)19-14-6-4-5-13(10-14)18-3/h4-6,10-12,15-16H,7-9,17H2,1-3H3. The molecule has 3 nitrogen and oxygen atoms in total. The molecular weight excluding hydrogens is 238 g/mol. The van der Waals surface area contributed by atoms with Gasteiger partial charge in [-0.3, -0.25) is 0 Å². The van der Waals surface area contributed by atoms with Crippen LogP contribution in [0.3, 0.4) is 0 Å². The first-order valence-electron chi connectivity index (χ1n) is 7.16. The molecule has 1 aliphatic rings. The minimum atomic E-state index is 0.119. The molecule has 0 saturated heterocycles. The first kappa shape index (κ1) is 14.2. The van der Waals surface area contributed by atoms with Crippen LogP contribution in [-0.4, -0.2) is 19.3 Å². The van der Waals surface area contributed by atoms with E-state index in [1.54, 1.807) is 7.11 Å². The van der Waals surface area contributed by atoms with Gasteiger partial charge in [0, 0.05) is 12.1 Å². The normalized spacial score (nSPS) is 27.3. The van der Waals surface area contributed by atoms with Crippen molar-refractivity contribution in [3.05, 3.63) is 24.3 Å². The largest absolute Gasteiger partial charge is 0.497 e. The van der Waals surface area contributed by atoms with E-state index in [2.05, 4.69) is 13.8 Å². The van der Waals surface area contributed by atoms with Gasteiger partial charge in [0.05, 0.1) is 7.11 Å². The van der Waals surface area contributed by atoms with Crippen LogP contribution >= 0.6 is 0 Å². The molecule has 3 unspecified atom stereocenters. The van der Waals surface area contributed by atoms with Gasteiger partial charge in [0.1, 0.15) is 17.6 Å². The van der Waals surface area contributed by atoms with Gasteiger partial charge in [0.15, 0.2) is 0 Å². The molecule has 1 saturated carbocycles. The molecule has 0 radical (unpaired) electrons. The van der Waals surface area contributed by atoms with Crippen molar-refractivity contribution < 1.29 is 9.47 Å². The molecule has 0 spiro atoms. The van der Waals surface area contributed by atoms with Crippen molar-refractivity contribution in [2.75, 3.05) is 7.11 Å². The topological polar surface area (TPSA) is 44.5 Å². The van der Waals surface area contributed by atoms with Crippen LogP contribution in [0, 0.1) is 11.8 Å². The monoisotopic (exact) mass is 263 g/mol. The minimum Gasteiger partial charge on any atom is -0.497 e. The Hall–Kier alpha value is -1.22. The number of benzene rings is 1. The smallest absolute Gasteiger partial charge is 0.123 e. The second kappa shape index (κ2) is 6.29. The molecule has 1 aromatic rings. The van der Waals surface area contributed by atoms with Crippen molar-refractivity contribution in [2.45, 2.75) is 45.3 Å². The van der Waals surface area contributed by atoms with E-state index in [1.807, 2.05) is 24.3 Å². The number of nitrogens with two attached hydrogens (primary N) is 1. The molecule has 2 N–H and O–H groups in total. The lowest BCUT2D eigenvalue weighted by Gasteiger charge is -2.36. The van der Waals surface area contributed by atoms with Gasteiger partial charge < -0.3 is 15.2 Å². The number of rotatable bonds is 4. The molecule has 0 aromatic heterocycles. The van der Waals surface area contributed by atoms with Crippen LogP contribution in [-0.2, 0) is 0 Å². The molecule has 0 aliphatic heterocycles. The van der Waals surface area contributed by atoms with Crippen LogP contribution < -0.4 is 15.2 Å². The summed E-state index contributed by atoms with van der Waals surface area (Å²) in [7, 11) is 1.67. The van der Waals surface area contributed by atoms with Gasteiger partial charge in [-0.05, 0) is 43.2 Å². The Balaban J connectivity index is 2.03. The molecular formula is C16H25NO2. The molecule has 1 aliphatic carbocycles. The van der Waals surface area contributed by atoms with Crippen molar-refractivity contribution in [2.24, 2.45) is 17.6 Å². The first-order valence-corrected chi connectivity index (χ1v) is 7.16. The summed E-state index contributed by atoms with van der Waals surface area (Å²) in [6, 6.07) is 7.90. The maximum Gasteiger partial charge on any atom is 0.123 e. The van der Waals surface area contributed by atoms with Gasteiger partial charge in [-0.2, -0.15) is 0 Å². The van der Waals surface area contributed by atoms with Crippen LogP contribution in [0.4, 0.5) is 0 Å². The Bertz CT molecular complexity index is 405. The average Bonchev–Trinajstić information content (AvgIpc) is 2.41. The second-order valence-corrected chi connectivity index (χ2v) is 5.82. The SMILES string of the molecule is COc1cccc(OC2CC(C(C)C)CCC2N)c1. The van der Waals surface area contributed by atoms with Crippen molar-refractivity contribution in [1.82, 2.24) is 0 Å². The molecule has 3 heteroatoms. The van der Waals surface area contributed by atoms with E-state index in [9.17, 15) is 0 Å². The van der Waals surface area contributed by atoms with Crippen molar-refractivity contribution >= 4 is 0 Å². The van der Waals surface area contributed by atoms with Crippen LogP contribution in [0.2, 0.25) is 0 Å². The third kappa shape index (κ3) is 3.63. The Morgan fingerprint density at radius 2 is 1.95 bits per heavy atom. The van der Waals surface area contributed by atoms with E-state index < -0.39 is 0 Å². The maximum absolute atomic E-state index is 6.20. The molecule has 0 bridgehead atoms. The van der Waals surface area contributed by atoms with Crippen LogP contribution in [0.25, 0.3) is 0 Å². The van der Waals surface area contributed by atoms with E-state index in [0.29, 0.717) is 5.92 Å². The van der Waals surface area contributed by atoms with Crippen molar-refractivity contribution in [3.8, 4) is 11.5 Å². The van der Waals surface area contributed by atoms with Gasteiger partial charge in [0.25, 0.3) is 0 Å².